The lowest BCUT2D eigenvalue weighted by molar-refractivity contribution is -0.138. The molecule has 0 spiro atoms. The number of aliphatic carboxylic acids is 1. The van der Waals surface area contributed by atoms with Crippen molar-refractivity contribution in [3.05, 3.63) is 42.0 Å². The molecule has 1 saturated carbocycles. The molecule has 0 aliphatic heterocycles. The largest absolute Gasteiger partial charge is 0.491 e. The molecular formula is C21H27F3O6S. The van der Waals surface area contributed by atoms with Gasteiger partial charge in [0, 0.05) is 29.8 Å². The summed E-state index contributed by atoms with van der Waals surface area (Å²) >= 11 is 1.28. The third-order valence-corrected chi connectivity index (χ3v) is 6.59. The van der Waals surface area contributed by atoms with E-state index >= 15 is 0 Å². The van der Waals surface area contributed by atoms with Crippen LogP contribution in [-0.4, -0.2) is 62.3 Å². The smallest absolute Gasteiger partial charge is 0.416 e. The molecule has 0 saturated heterocycles. The van der Waals surface area contributed by atoms with E-state index in [9.17, 15) is 33.3 Å². The normalized spacial score (nSPS) is 25.1. The lowest BCUT2D eigenvalue weighted by Gasteiger charge is -2.23. The van der Waals surface area contributed by atoms with Gasteiger partial charge in [-0.3, -0.25) is 4.79 Å². The number of hydrogen-bond donors (Lipinski definition) is 4. The van der Waals surface area contributed by atoms with Crippen molar-refractivity contribution in [2.75, 3.05) is 12.4 Å². The zero-order valence-corrected chi connectivity index (χ0v) is 17.6. The fraction of sp³-hybridized carbons (Fsp3) is 0.571. The average Bonchev–Trinajstić information content (AvgIpc) is 2.96. The van der Waals surface area contributed by atoms with Crippen molar-refractivity contribution < 1.29 is 43.1 Å². The highest BCUT2D eigenvalue weighted by atomic mass is 32.2. The number of alkyl halides is 3. The highest BCUT2D eigenvalue weighted by molar-refractivity contribution is 8.00. The number of carboxylic acids is 1. The number of carboxylic acid groups (broad SMARTS) is 1. The van der Waals surface area contributed by atoms with Crippen LogP contribution >= 0.6 is 11.8 Å². The van der Waals surface area contributed by atoms with E-state index in [-0.39, 0.29) is 42.1 Å². The van der Waals surface area contributed by atoms with Crippen LogP contribution in [0.4, 0.5) is 13.2 Å². The van der Waals surface area contributed by atoms with E-state index in [1.165, 1.54) is 23.9 Å². The number of rotatable bonds is 11. The minimum atomic E-state index is -4.48. The topological polar surface area (TPSA) is 107 Å². The summed E-state index contributed by atoms with van der Waals surface area (Å²) in [5.41, 5.74) is -0.837. The Labute approximate surface area is 182 Å². The molecule has 10 heteroatoms. The Bertz CT molecular complexity index is 742. The molecule has 5 unspecified atom stereocenters. The maximum Gasteiger partial charge on any atom is 0.416 e. The van der Waals surface area contributed by atoms with Crippen molar-refractivity contribution in [1.82, 2.24) is 0 Å². The van der Waals surface area contributed by atoms with Crippen molar-refractivity contribution in [1.29, 1.82) is 0 Å². The van der Waals surface area contributed by atoms with Gasteiger partial charge in [0.15, 0.2) is 0 Å². The van der Waals surface area contributed by atoms with Crippen molar-refractivity contribution in [2.24, 2.45) is 5.92 Å². The fourth-order valence-electron chi connectivity index (χ4n) is 3.39. The summed E-state index contributed by atoms with van der Waals surface area (Å²) in [7, 11) is 0. The molecule has 1 aliphatic rings. The molecule has 5 atom stereocenters. The Balaban J connectivity index is 1.82. The van der Waals surface area contributed by atoms with E-state index in [0.717, 1.165) is 12.1 Å². The molecule has 1 fully saturated rings. The molecule has 1 aliphatic carbocycles. The van der Waals surface area contributed by atoms with Gasteiger partial charge in [-0.15, -0.1) is 0 Å². The number of thioether (sulfide) groups is 1. The quantitative estimate of drug-likeness (QED) is 0.373. The first-order valence-electron chi connectivity index (χ1n) is 9.90. The molecule has 0 bridgehead atoms. The molecule has 4 N–H and O–H groups in total. The maximum absolute atomic E-state index is 12.7. The minimum absolute atomic E-state index is 0.000395. The van der Waals surface area contributed by atoms with Gasteiger partial charge in [-0.25, -0.2) is 0 Å². The lowest BCUT2D eigenvalue weighted by atomic mass is 10.0. The number of halogens is 3. The Hall–Kier alpha value is -1.75. The number of allylic oxidation sites excluding steroid dienone is 2. The van der Waals surface area contributed by atoms with Crippen LogP contribution in [0.15, 0.2) is 36.4 Å². The maximum atomic E-state index is 12.7. The van der Waals surface area contributed by atoms with Crippen LogP contribution in [-0.2, 0) is 11.0 Å². The lowest BCUT2D eigenvalue weighted by Crippen LogP contribution is -2.28. The molecule has 0 heterocycles. The predicted molar refractivity (Wildman–Crippen MR) is 110 cm³/mol. The monoisotopic (exact) mass is 464 g/mol. The highest BCUT2D eigenvalue weighted by Crippen LogP contribution is 2.38. The van der Waals surface area contributed by atoms with E-state index in [1.807, 2.05) is 0 Å². The van der Waals surface area contributed by atoms with Crippen LogP contribution in [0.3, 0.4) is 0 Å². The Morgan fingerprint density at radius 2 is 2.00 bits per heavy atom. The number of benzene rings is 1. The zero-order valence-electron chi connectivity index (χ0n) is 16.7. The second kappa shape index (κ2) is 11.8. The number of aliphatic hydroxyl groups excluding tert-OH is 3. The van der Waals surface area contributed by atoms with Crippen LogP contribution in [0.25, 0.3) is 0 Å². The summed E-state index contributed by atoms with van der Waals surface area (Å²) in [4.78, 5) is 10.5. The standard InChI is InChI=1S/C21H27F3O6S/c22-21(23,24)13-5-4-6-15(9-13)30-11-14(25)12-31-20-16(17(26)10-18(20)27)7-2-1-3-8-19(28)29/h1-2,4-6,9,14,16-18,20,25-27H,3,7-8,10-12H2,(H,28,29). The van der Waals surface area contributed by atoms with E-state index in [2.05, 4.69) is 0 Å². The van der Waals surface area contributed by atoms with Gasteiger partial charge < -0.3 is 25.2 Å². The van der Waals surface area contributed by atoms with Crippen molar-refractivity contribution in [2.45, 2.75) is 55.4 Å². The van der Waals surface area contributed by atoms with E-state index < -0.39 is 36.0 Å². The fourth-order valence-corrected chi connectivity index (χ4v) is 4.80. The van der Waals surface area contributed by atoms with Crippen molar-refractivity contribution in [3.8, 4) is 5.75 Å². The van der Waals surface area contributed by atoms with Crippen LogP contribution in [0.2, 0.25) is 0 Å². The Kier molecular flexibility index (Phi) is 9.67. The second-order valence-corrected chi connectivity index (χ2v) is 8.67. The van der Waals surface area contributed by atoms with Gasteiger partial charge in [0.2, 0.25) is 0 Å². The van der Waals surface area contributed by atoms with Gasteiger partial charge in [-0.2, -0.15) is 24.9 Å². The zero-order chi connectivity index (χ0) is 23.0. The summed E-state index contributed by atoms with van der Waals surface area (Å²) in [6, 6.07) is 4.40. The van der Waals surface area contributed by atoms with Crippen LogP contribution in [0, 0.1) is 5.92 Å². The molecule has 0 aromatic heterocycles. The number of carbonyl (C=O) groups is 1. The minimum Gasteiger partial charge on any atom is -0.491 e. The molecule has 31 heavy (non-hydrogen) atoms. The molecule has 6 nitrogen and oxygen atoms in total. The van der Waals surface area contributed by atoms with E-state index in [0.29, 0.717) is 12.8 Å². The van der Waals surface area contributed by atoms with Crippen LogP contribution in [0.1, 0.15) is 31.2 Å². The molecule has 2 rings (SSSR count). The van der Waals surface area contributed by atoms with E-state index in [1.54, 1.807) is 12.2 Å². The molecular weight excluding hydrogens is 437 g/mol. The first-order valence-corrected chi connectivity index (χ1v) is 11.0. The van der Waals surface area contributed by atoms with Crippen LogP contribution in [0.5, 0.6) is 5.75 Å². The average molecular weight is 465 g/mol. The predicted octanol–water partition coefficient (Wildman–Crippen LogP) is 3.10. The molecule has 174 valence electrons. The van der Waals surface area contributed by atoms with Gasteiger partial charge >= 0.3 is 12.1 Å². The summed E-state index contributed by atoms with van der Waals surface area (Å²) in [6.45, 7) is -0.209. The molecule has 0 amide bonds. The number of ether oxygens (including phenoxy) is 1. The molecule has 0 radical (unpaired) electrons. The van der Waals surface area contributed by atoms with Gasteiger partial charge in [-0.05, 0) is 31.0 Å². The highest BCUT2D eigenvalue weighted by Gasteiger charge is 2.41. The summed E-state index contributed by atoms with van der Waals surface area (Å²) in [5.74, 6) is -0.972. The third kappa shape index (κ3) is 8.36. The number of hydrogen-bond acceptors (Lipinski definition) is 6. The summed E-state index contributed by atoms with van der Waals surface area (Å²) < 4.78 is 43.5. The van der Waals surface area contributed by atoms with Gasteiger partial charge in [0.05, 0.1) is 23.9 Å². The van der Waals surface area contributed by atoms with E-state index in [4.69, 9.17) is 9.84 Å². The van der Waals surface area contributed by atoms with Gasteiger partial charge in [0.25, 0.3) is 0 Å². The van der Waals surface area contributed by atoms with Gasteiger partial charge in [-0.1, -0.05) is 18.2 Å². The SMILES string of the molecule is O=C(O)CCC=CCC1C(O)CC(O)C1SCC(O)COc1cccc(C(F)(F)F)c1. The van der Waals surface area contributed by atoms with Crippen LogP contribution < -0.4 is 4.74 Å². The molecule has 1 aromatic rings. The summed E-state index contributed by atoms with van der Waals surface area (Å²) in [6.07, 6.45) is -2.34. The van der Waals surface area contributed by atoms with Gasteiger partial charge in [0.1, 0.15) is 12.4 Å². The molecule has 1 aromatic carbocycles. The van der Waals surface area contributed by atoms with Crippen molar-refractivity contribution in [3.63, 3.8) is 0 Å². The van der Waals surface area contributed by atoms with Crippen molar-refractivity contribution >= 4 is 17.7 Å². The Morgan fingerprint density at radius 3 is 2.68 bits per heavy atom. The first-order chi connectivity index (χ1) is 14.6. The summed E-state index contributed by atoms with van der Waals surface area (Å²) in [5, 5.41) is 38.9. The third-order valence-electron chi connectivity index (χ3n) is 4.96. The first kappa shape index (κ1) is 25.5. The Morgan fingerprint density at radius 1 is 1.26 bits per heavy atom. The number of aliphatic hydroxyl groups is 3. The second-order valence-electron chi connectivity index (χ2n) is 7.46.